The molecule has 0 heterocycles. The van der Waals surface area contributed by atoms with Gasteiger partial charge in [-0.1, -0.05) is 34.1 Å². The quantitative estimate of drug-likeness (QED) is 0.807. The van der Waals surface area contributed by atoms with Gasteiger partial charge in [0.05, 0.1) is 0 Å². The molecule has 0 unspecified atom stereocenters. The smallest absolute Gasteiger partial charge is 0.128 e. The van der Waals surface area contributed by atoms with Gasteiger partial charge in [0, 0.05) is 23.1 Å². The molecular weight excluding hydrogens is 312 g/mol. The minimum Gasteiger partial charge on any atom is -0.298 e. The van der Waals surface area contributed by atoms with E-state index in [9.17, 15) is 8.78 Å². The Kier molecular flexibility index (Phi) is 4.66. The van der Waals surface area contributed by atoms with Crippen LogP contribution in [0.1, 0.15) is 11.1 Å². The summed E-state index contributed by atoms with van der Waals surface area (Å²) in [6.07, 6.45) is 0. The van der Waals surface area contributed by atoms with E-state index in [0.717, 1.165) is 10.0 Å². The molecule has 0 fully saturated rings. The van der Waals surface area contributed by atoms with Crippen molar-refractivity contribution in [2.24, 2.45) is 0 Å². The Balaban J connectivity index is 2.01. The van der Waals surface area contributed by atoms with Gasteiger partial charge in [0.2, 0.25) is 0 Å². The molecule has 2 aromatic carbocycles. The van der Waals surface area contributed by atoms with Crippen LogP contribution in [0.15, 0.2) is 46.9 Å². The van der Waals surface area contributed by atoms with Crippen LogP contribution in [0.4, 0.5) is 8.78 Å². The summed E-state index contributed by atoms with van der Waals surface area (Å²) >= 11 is 3.23. The fourth-order valence-corrected chi connectivity index (χ4v) is 2.23. The molecule has 0 radical (unpaired) electrons. The van der Waals surface area contributed by atoms with Crippen molar-refractivity contribution in [2.45, 2.75) is 13.1 Å². The third-order valence-corrected chi connectivity index (χ3v) is 3.31. The molecule has 2 rings (SSSR count). The van der Waals surface area contributed by atoms with Crippen molar-refractivity contribution in [1.29, 1.82) is 0 Å². The first-order chi connectivity index (χ1) is 9.04. The molecule has 0 amide bonds. The van der Waals surface area contributed by atoms with Gasteiger partial charge in [0.1, 0.15) is 11.6 Å². The van der Waals surface area contributed by atoms with E-state index in [1.165, 1.54) is 18.2 Å². The average Bonchev–Trinajstić information content (AvgIpc) is 2.36. The number of hydrogen-bond donors (Lipinski definition) is 0. The average molecular weight is 326 g/mol. The lowest BCUT2D eigenvalue weighted by molar-refractivity contribution is 0.313. The van der Waals surface area contributed by atoms with Crippen molar-refractivity contribution in [1.82, 2.24) is 4.90 Å². The highest BCUT2D eigenvalue weighted by atomic mass is 79.9. The Hall–Kier alpha value is -1.26. The molecular formula is C15H14BrF2N. The molecule has 100 valence electrons. The molecule has 0 aliphatic carbocycles. The maximum atomic E-state index is 13.7. The van der Waals surface area contributed by atoms with Crippen LogP contribution in [-0.4, -0.2) is 11.9 Å². The lowest BCUT2D eigenvalue weighted by Gasteiger charge is -2.17. The van der Waals surface area contributed by atoms with E-state index < -0.39 is 0 Å². The Morgan fingerprint density at radius 1 is 1.00 bits per heavy atom. The van der Waals surface area contributed by atoms with Gasteiger partial charge >= 0.3 is 0 Å². The molecule has 0 aliphatic heterocycles. The number of benzene rings is 2. The molecule has 0 N–H and O–H groups in total. The van der Waals surface area contributed by atoms with Crippen LogP contribution >= 0.6 is 15.9 Å². The van der Waals surface area contributed by atoms with Gasteiger partial charge in [-0.25, -0.2) is 8.78 Å². The van der Waals surface area contributed by atoms with Crippen LogP contribution in [0.2, 0.25) is 0 Å². The maximum Gasteiger partial charge on any atom is 0.128 e. The largest absolute Gasteiger partial charge is 0.298 e. The zero-order valence-electron chi connectivity index (χ0n) is 10.5. The van der Waals surface area contributed by atoms with Gasteiger partial charge < -0.3 is 0 Å². The molecule has 4 heteroatoms. The van der Waals surface area contributed by atoms with Crippen LogP contribution in [-0.2, 0) is 13.1 Å². The second-order valence-corrected chi connectivity index (χ2v) is 5.45. The highest BCUT2D eigenvalue weighted by molar-refractivity contribution is 9.10. The van der Waals surface area contributed by atoms with Crippen molar-refractivity contribution in [3.05, 3.63) is 69.7 Å². The van der Waals surface area contributed by atoms with Crippen LogP contribution in [0.3, 0.4) is 0 Å². The number of hydrogen-bond acceptors (Lipinski definition) is 1. The molecule has 0 spiro atoms. The van der Waals surface area contributed by atoms with E-state index in [1.807, 2.05) is 18.0 Å². The fraction of sp³-hybridized carbons (Fsp3) is 0.200. The van der Waals surface area contributed by atoms with Crippen molar-refractivity contribution in [3.63, 3.8) is 0 Å². The van der Waals surface area contributed by atoms with E-state index in [0.29, 0.717) is 18.7 Å². The van der Waals surface area contributed by atoms with Crippen molar-refractivity contribution < 1.29 is 8.78 Å². The van der Waals surface area contributed by atoms with Gasteiger partial charge in [-0.3, -0.25) is 4.90 Å². The van der Waals surface area contributed by atoms with Crippen molar-refractivity contribution in [2.75, 3.05) is 7.05 Å². The zero-order valence-corrected chi connectivity index (χ0v) is 12.1. The standard InChI is InChI=1S/C15H14BrF2N/c1-19(9-11-2-6-14(17)7-3-11)10-12-4-5-13(16)8-15(12)18/h2-8H,9-10H2,1H3. The van der Waals surface area contributed by atoms with Gasteiger partial charge in [0.15, 0.2) is 0 Å². The summed E-state index contributed by atoms with van der Waals surface area (Å²) < 4.78 is 27.2. The maximum absolute atomic E-state index is 13.7. The first kappa shape index (κ1) is 14.2. The third kappa shape index (κ3) is 4.11. The normalized spacial score (nSPS) is 11.0. The topological polar surface area (TPSA) is 3.24 Å². The molecule has 0 aliphatic rings. The number of nitrogens with zero attached hydrogens (tertiary/aromatic N) is 1. The van der Waals surface area contributed by atoms with Gasteiger partial charge in [-0.15, -0.1) is 0 Å². The van der Waals surface area contributed by atoms with Gasteiger partial charge in [0.25, 0.3) is 0 Å². The fourth-order valence-electron chi connectivity index (χ4n) is 1.90. The van der Waals surface area contributed by atoms with E-state index in [1.54, 1.807) is 18.2 Å². The molecule has 1 nitrogen and oxygen atoms in total. The summed E-state index contributed by atoms with van der Waals surface area (Å²) in [4.78, 5) is 1.99. The lowest BCUT2D eigenvalue weighted by Crippen LogP contribution is -2.18. The highest BCUT2D eigenvalue weighted by Crippen LogP contribution is 2.17. The first-order valence-corrected chi connectivity index (χ1v) is 6.71. The summed E-state index contributed by atoms with van der Waals surface area (Å²) in [6, 6.07) is 11.4. The second kappa shape index (κ2) is 6.26. The Labute approximate surface area is 120 Å². The van der Waals surface area contributed by atoms with Crippen LogP contribution in [0, 0.1) is 11.6 Å². The summed E-state index contributed by atoms with van der Waals surface area (Å²) in [6.45, 7) is 1.16. The summed E-state index contributed by atoms with van der Waals surface area (Å²) in [5, 5.41) is 0. The molecule has 0 aromatic heterocycles. The predicted octanol–water partition coefficient (Wildman–Crippen LogP) is 4.36. The summed E-state index contributed by atoms with van der Waals surface area (Å²) in [5.74, 6) is -0.467. The summed E-state index contributed by atoms with van der Waals surface area (Å²) in [5.41, 5.74) is 1.65. The molecule has 0 atom stereocenters. The van der Waals surface area contributed by atoms with E-state index in [4.69, 9.17) is 0 Å². The van der Waals surface area contributed by atoms with Crippen LogP contribution in [0.5, 0.6) is 0 Å². The number of rotatable bonds is 4. The monoisotopic (exact) mass is 325 g/mol. The minimum absolute atomic E-state index is 0.222. The lowest BCUT2D eigenvalue weighted by atomic mass is 10.1. The third-order valence-electron chi connectivity index (χ3n) is 2.82. The van der Waals surface area contributed by atoms with E-state index in [2.05, 4.69) is 15.9 Å². The molecule has 0 bridgehead atoms. The van der Waals surface area contributed by atoms with Crippen LogP contribution < -0.4 is 0 Å². The van der Waals surface area contributed by atoms with Crippen LogP contribution in [0.25, 0.3) is 0 Å². The molecule has 0 saturated carbocycles. The Bertz CT molecular complexity index is 555. The zero-order chi connectivity index (χ0) is 13.8. The molecule has 19 heavy (non-hydrogen) atoms. The van der Waals surface area contributed by atoms with Gasteiger partial charge in [-0.2, -0.15) is 0 Å². The number of halogens is 3. The molecule has 0 saturated heterocycles. The Morgan fingerprint density at radius 2 is 1.68 bits per heavy atom. The highest BCUT2D eigenvalue weighted by Gasteiger charge is 2.07. The van der Waals surface area contributed by atoms with Crippen molar-refractivity contribution >= 4 is 15.9 Å². The second-order valence-electron chi connectivity index (χ2n) is 4.53. The van der Waals surface area contributed by atoms with E-state index in [-0.39, 0.29) is 11.6 Å². The minimum atomic E-state index is -0.245. The SMILES string of the molecule is CN(Cc1ccc(F)cc1)Cc1ccc(Br)cc1F. The van der Waals surface area contributed by atoms with Crippen molar-refractivity contribution in [3.8, 4) is 0 Å². The first-order valence-electron chi connectivity index (χ1n) is 5.91. The Morgan fingerprint density at radius 3 is 2.32 bits per heavy atom. The molecule has 2 aromatic rings. The predicted molar refractivity (Wildman–Crippen MR) is 75.7 cm³/mol. The van der Waals surface area contributed by atoms with E-state index >= 15 is 0 Å². The van der Waals surface area contributed by atoms with Gasteiger partial charge in [-0.05, 0) is 36.9 Å². The summed E-state index contributed by atoms with van der Waals surface area (Å²) in [7, 11) is 1.91.